The Bertz CT molecular complexity index is 640. The van der Waals surface area contributed by atoms with Gasteiger partial charge in [0, 0.05) is 23.0 Å². The molecular formula is C8H6BrN3. The average Bonchev–Trinajstić information content (AvgIpc) is 2.55. The van der Waals surface area contributed by atoms with E-state index in [-0.39, 0.29) is 28.4 Å². The highest BCUT2D eigenvalue weighted by molar-refractivity contribution is 9.10. The van der Waals surface area contributed by atoms with Gasteiger partial charge in [-0.1, -0.05) is 0 Å². The van der Waals surface area contributed by atoms with Crippen LogP contribution in [-0.4, -0.2) is 14.8 Å². The van der Waals surface area contributed by atoms with Crippen molar-refractivity contribution in [1.29, 1.82) is 0 Å². The maximum atomic E-state index is 7.80. The molecule has 0 aliphatic rings. The molecule has 0 saturated heterocycles. The first-order valence-electron chi connectivity index (χ1n) is 6.01. The van der Waals surface area contributed by atoms with Gasteiger partial charge in [-0.3, -0.25) is 4.98 Å². The van der Waals surface area contributed by atoms with E-state index in [9.17, 15) is 0 Å². The lowest BCUT2D eigenvalue weighted by molar-refractivity contribution is 0.873. The van der Waals surface area contributed by atoms with Crippen LogP contribution in [0.15, 0.2) is 41.2 Å². The third-order valence-electron chi connectivity index (χ3n) is 1.12. The van der Waals surface area contributed by atoms with Gasteiger partial charge in [-0.2, -0.15) is 5.10 Å². The maximum Gasteiger partial charge on any atom is 0.0863 e. The number of halogens is 1. The van der Waals surface area contributed by atoms with Gasteiger partial charge in [-0.05, 0) is 28.0 Å². The molecule has 0 aromatic carbocycles. The zero-order chi connectivity index (χ0) is 13.6. The Morgan fingerprint density at radius 2 is 2.42 bits per heavy atom. The van der Waals surface area contributed by atoms with Gasteiger partial charge in [0.2, 0.25) is 0 Å². The molecule has 0 radical (unpaired) electrons. The predicted molar refractivity (Wildman–Crippen MR) is 49.1 cm³/mol. The van der Waals surface area contributed by atoms with Crippen molar-refractivity contribution in [2.45, 2.75) is 0 Å². The highest BCUT2D eigenvalue weighted by Crippen LogP contribution is 2.11. The van der Waals surface area contributed by atoms with Crippen LogP contribution in [0.5, 0.6) is 0 Å². The summed E-state index contributed by atoms with van der Waals surface area (Å²) in [4.78, 5) is 3.59. The SMILES string of the molecule is [2H]c1nn(-c2c([2H])nc([2H])c(Br)c2[2H])c([2H])c1[2H]. The van der Waals surface area contributed by atoms with Gasteiger partial charge in [0.05, 0.1) is 20.1 Å². The van der Waals surface area contributed by atoms with Crippen molar-refractivity contribution in [3.05, 3.63) is 41.2 Å². The second kappa shape index (κ2) is 3.06. The Hall–Kier alpha value is -1.16. The number of hydrogen-bond donors (Lipinski definition) is 0. The van der Waals surface area contributed by atoms with E-state index in [0.29, 0.717) is 0 Å². The van der Waals surface area contributed by atoms with E-state index < -0.39 is 18.5 Å². The van der Waals surface area contributed by atoms with E-state index in [4.69, 9.17) is 8.22 Å². The molecular weight excluding hydrogens is 218 g/mol. The van der Waals surface area contributed by atoms with Crippen molar-refractivity contribution in [3.63, 3.8) is 0 Å². The first kappa shape index (κ1) is 3.30. The maximum absolute atomic E-state index is 7.80. The molecule has 2 rings (SSSR count). The molecule has 0 fully saturated rings. The number of pyridine rings is 1. The van der Waals surface area contributed by atoms with Gasteiger partial charge >= 0.3 is 0 Å². The highest BCUT2D eigenvalue weighted by atomic mass is 79.9. The van der Waals surface area contributed by atoms with E-state index in [0.717, 1.165) is 4.68 Å². The van der Waals surface area contributed by atoms with E-state index in [1.807, 2.05) is 0 Å². The topological polar surface area (TPSA) is 30.7 Å². The lowest BCUT2D eigenvalue weighted by atomic mass is 10.4. The van der Waals surface area contributed by atoms with Crippen LogP contribution in [-0.2, 0) is 0 Å². The summed E-state index contributed by atoms with van der Waals surface area (Å²) in [7, 11) is 0. The lowest BCUT2D eigenvalue weighted by Gasteiger charge is -1.99. The number of aromatic nitrogens is 3. The average molecular weight is 230 g/mol. The molecule has 0 N–H and O–H groups in total. The Balaban J connectivity index is 2.79. The molecule has 0 bridgehead atoms. The van der Waals surface area contributed by atoms with Crippen LogP contribution in [0, 0.1) is 0 Å². The van der Waals surface area contributed by atoms with Crippen LogP contribution >= 0.6 is 15.9 Å². The summed E-state index contributed by atoms with van der Waals surface area (Å²) in [5.41, 5.74) is -0.130. The summed E-state index contributed by atoms with van der Waals surface area (Å²) in [5.74, 6) is 0. The highest BCUT2D eigenvalue weighted by Gasteiger charge is 1.95. The fourth-order valence-corrected chi connectivity index (χ4v) is 0.950. The van der Waals surface area contributed by atoms with Crippen LogP contribution in [0.25, 0.3) is 5.69 Å². The second-order valence-electron chi connectivity index (χ2n) is 1.88. The van der Waals surface area contributed by atoms with Gasteiger partial charge in [0.1, 0.15) is 0 Å². The Morgan fingerprint density at radius 1 is 1.50 bits per heavy atom. The Labute approximate surface area is 86.6 Å². The fourth-order valence-electron chi connectivity index (χ4n) is 0.674. The minimum absolute atomic E-state index is 0.0708. The largest absolute Gasteiger partial charge is 0.261 e. The molecule has 2 aromatic heterocycles. The molecule has 0 unspecified atom stereocenters. The molecule has 3 nitrogen and oxygen atoms in total. The summed E-state index contributed by atoms with van der Waals surface area (Å²) in [6, 6.07) is -0.615. The fraction of sp³-hybridized carbons (Fsp3) is 0. The zero-order valence-electron chi connectivity index (χ0n) is 11.7. The van der Waals surface area contributed by atoms with Crippen molar-refractivity contribution in [2.24, 2.45) is 0 Å². The zero-order valence-corrected chi connectivity index (χ0v) is 7.31. The molecule has 4 heteroatoms. The molecule has 0 aliphatic heterocycles. The standard InChI is InChI=1S/C8H6BrN3/c9-7-4-8(6-10-5-7)12-3-1-2-11-12/h1-6H/i1D,2D,3D,4D,5D,6D. The molecule has 2 heterocycles. The molecule has 12 heavy (non-hydrogen) atoms. The van der Waals surface area contributed by atoms with Crippen LogP contribution < -0.4 is 0 Å². The van der Waals surface area contributed by atoms with E-state index in [1.54, 1.807) is 0 Å². The van der Waals surface area contributed by atoms with Crippen molar-refractivity contribution in [2.75, 3.05) is 0 Å². The van der Waals surface area contributed by atoms with E-state index in [1.165, 1.54) is 0 Å². The molecule has 60 valence electrons. The molecule has 2 aromatic rings. The third-order valence-corrected chi connectivity index (χ3v) is 1.50. The van der Waals surface area contributed by atoms with Crippen LogP contribution in [0.1, 0.15) is 8.22 Å². The van der Waals surface area contributed by atoms with Crippen molar-refractivity contribution >= 4 is 15.9 Å². The van der Waals surface area contributed by atoms with Crippen LogP contribution in [0.4, 0.5) is 0 Å². The smallest absolute Gasteiger partial charge is 0.0863 e. The van der Waals surface area contributed by atoms with Crippen molar-refractivity contribution in [3.8, 4) is 5.69 Å². The first-order chi connectivity index (χ1) is 8.34. The van der Waals surface area contributed by atoms with E-state index >= 15 is 0 Å². The van der Waals surface area contributed by atoms with Gasteiger partial charge in [-0.15, -0.1) is 0 Å². The second-order valence-corrected chi connectivity index (χ2v) is 2.68. The molecule has 0 amide bonds. The number of nitrogens with zero attached hydrogens (tertiary/aromatic N) is 3. The third kappa shape index (κ3) is 1.38. The van der Waals surface area contributed by atoms with E-state index in [2.05, 4.69) is 26.0 Å². The Morgan fingerprint density at radius 3 is 3.17 bits per heavy atom. The number of rotatable bonds is 1. The predicted octanol–water partition coefficient (Wildman–Crippen LogP) is 2.03. The summed E-state index contributed by atoms with van der Waals surface area (Å²) in [6.45, 7) is 0. The quantitative estimate of drug-likeness (QED) is 0.750. The van der Waals surface area contributed by atoms with Crippen LogP contribution in [0.3, 0.4) is 0 Å². The van der Waals surface area contributed by atoms with Crippen molar-refractivity contribution < 1.29 is 8.22 Å². The van der Waals surface area contributed by atoms with Gasteiger partial charge in [0.15, 0.2) is 0 Å². The monoisotopic (exact) mass is 229 g/mol. The van der Waals surface area contributed by atoms with Crippen LogP contribution in [0.2, 0.25) is 0 Å². The summed E-state index contributed by atoms with van der Waals surface area (Å²) in [5, 5.41) is 3.62. The normalized spacial score (nSPS) is 17.1. The minimum atomic E-state index is -0.412. The lowest BCUT2D eigenvalue weighted by Crippen LogP contribution is -1.94. The molecule has 0 aliphatic carbocycles. The molecule has 0 saturated carbocycles. The van der Waals surface area contributed by atoms with Gasteiger partial charge in [0.25, 0.3) is 0 Å². The number of hydrogen-bond acceptors (Lipinski definition) is 2. The molecule has 0 atom stereocenters. The Kier molecular flexibility index (Phi) is 0.842. The summed E-state index contributed by atoms with van der Waals surface area (Å²) < 4.78 is 46.1. The summed E-state index contributed by atoms with van der Waals surface area (Å²) in [6.07, 6.45) is -1.47. The van der Waals surface area contributed by atoms with Gasteiger partial charge in [-0.25, -0.2) is 4.68 Å². The van der Waals surface area contributed by atoms with Crippen molar-refractivity contribution in [1.82, 2.24) is 14.8 Å². The van der Waals surface area contributed by atoms with Gasteiger partial charge < -0.3 is 0 Å². The molecule has 0 spiro atoms. The minimum Gasteiger partial charge on any atom is -0.261 e. The summed E-state index contributed by atoms with van der Waals surface area (Å²) >= 11 is 2.99. The first-order valence-corrected chi connectivity index (χ1v) is 3.80.